The molecule has 1 fully saturated rings. The van der Waals surface area contributed by atoms with Crippen molar-refractivity contribution in [2.45, 2.75) is 33.3 Å². The molecule has 4 rings (SSSR count). The first kappa shape index (κ1) is 28.1. The molecule has 0 unspecified atom stereocenters. The lowest BCUT2D eigenvalue weighted by molar-refractivity contribution is -0.122. The molecule has 6 nitrogen and oxygen atoms in total. The topological polar surface area (TPSA) is 67.9 Å². The van der Waals surface area contributed by atoms with Crippen LogP contribution in [0.15, 0.2) is 78.9 Å². The summed E-state index contributed by atoms with van der Waals surface area (Å²) in [4.78, 5) is 27.7. The second-order valence-corrected chi connectivity index (χ2v) is 9.58. The lowest BCUT2D eigenvalue weighted by atomic mass is 10.0. The minimum Gasteiger partial charge on any atom is -0.490 e. The summed E-state index contributed by atoms with van der Waals surface area (Å²) in [5, 5.41) is 3.28. The van der Waals surface area contributed by atoms with Crippen molar-refractivity contribution in [3.63, 3.8) is 0 Å². The quantitative estimate of drug-likeness (QED) is 0.134. The summed E-state index contributed by atoms with van der Waals surface area (Å²) >= 11 is 11.7. The fourth-order valence-corrected chi connectivity index (χ4v) is 4.68. The van der Waals surface area contributed by atoms with E-state index in [4.69, 9.17) is 33.3 Å². The summed E-state index contributed by atoms with van der Waals surface area (Å²) in [6, 6.07) is 18.6. The van der Waals surface area contributed by atoms with E-state index < -0.39 is 11.8 Å². The Labute approximate surface area is 238 Å². The van der Waals surface area contributed by atoms with Crippen LogP contribution in [0.2, 0.25) is 5.02 Å². The van der Waals surface area contributed by atoms with Gasteiger partial charge >= 0.3 is 0 Å². The maximum Gasteiger partial charge on any atom is 0.270 e. The van der Waals surface area contributed by atoms with Gasteiger partial charge in [-0.3, -0.25) is 19.8 Å². The van der Waals surface area contributed by atoms with E-state index in [1.54, 1.807) is 18.2 Å². The highest BCUT2D eigenvalue weighted by Gasteiger charge is 2.34. The second-order valence-electron chi connectivity index (χ2n) is 8.79. The zero-order valence-corrected chi connectivity index (χ0v) is 23.4. The van der Waals surface area contributed by atoms with Gasteiger partial charge in [0.2, 0.25) is 0 Å². The normalized spacial score (nSPS) is 14.4. The van der Waals surface area contributed by atoms with Gasteiger partial charge in [-0.05, 0) is 79.5 Å². The molecular formula is C31H29ClN2O4S. The first-order chi connectivity index (χ1) is 18.9. The van der Waals surface area contributed by atoms with Gasteiger partial charge in [0.25, 0.3) is 11.8 Å². The summed E-state index contributed by atoms with van der Waals surface area (Å²) in [6.45, 7) is 8.43. The number of hydrogen-bond donors (Lipinski definition) is 1. The smallest absolute Gasteiger partial charge is 0.270 e. The van der Waals surface area contributed by atoms with Crippen molar-refractivity contribution < 1.29 is 19.1 Å². The van der Waals surface area contributed by atoms with Crippen LogP contribution >= 0.6 is 23.8 Å². The van der Waals surface area contributed by atoms with Gasteiger partial charge in [-0.25, -0.2) is 0 Å². The fourth-order valence-electron chi connectivity index (χ4n) is 4.21. The molecule has 39 heavy (non-hydrogen) atoms. The number of amides is 2. The van der Waals surface area contributed by atoms with Gasteiger partial charge in [0.05, 0.1) is 12.3 Å². The molecule has 0 bridgehead atoms. The van der Waals surface area contributed by atoms with Gasteiger partial charge in [0, 0.05) is 16.1 Å². The number of benzene rings is 3. The van der Waals surface area contributed by atoms with E-state index >= 15 is 0 Å². The molecule has 0 radical (unpaired) electrons. The first-order valence-electron chi connectivity index (χ1n) is 12.6. The number of nitrogens with one attached hydrogen (secondary N) is 1. The third-order valence-corrected chi connectivity index (χ3v) is 6.82. The Morgan fingerprint density at radius 3 is 2.44 bits per heavy atom. The van der Waals surface area contributed by atoms with Crippen LogP contribution in [0.3, 0.4) is 0 Å². The average molecular weight is 561 g/mol. The van der Waals surface area contributed by atoms with E-state index in [1.807, 2.05) is 61.5 Å². The van der Waals surface area contributed by atoms with Crippen molar-refractivity contribution in [2.24, 2.45) is 0 Å². The molecule has 0 saturated carbocycles. The number of carbonyl (C=O) groups excluding carboxylic acids is 2. The lowest BCUT2D eigenvalue weighted by Crippen LogP contribution is -2.54. The molecule has 1 saturated heterocycles. The Hall–Kier alpha value is -3.94. The van der Waals surface area contributed by atoms with Crippen molar-refractivity contribution >= 4 is 52.5 Å². The molecule has 3 aromatic rings. The van der Waals surface area contributed by atoms with Gasteiger partial charge in [0.1, 0.15) is 12.2 Å². The highest BCUT2D eigenvalue weighted by Crippen LogP contribution is 2.36. The number of thiocarbonyl (C=S) groups is 1. The summed E-state index contributed by atoms with van der Waals surface area (Å²) in [5.74, 6) is -0.0250. The van der Waals surface area contributed by atoms with Gasteiger partial charge < -0.3 is 9.47 Å². The fraction of sp³-hybridized carbons (Fsp3) is 0.194. The Balaban J connectivity index is 1.71. The number of halogens is 1. The molecule has 3 aromatic carbocycles. The van der Waals surface area contributed by atoms with E-state index in [9.17, 15) is 9.59 Å². The highest BCUT2D eigenvalue weighted by atomic mass is 35.5. The number of allylic oxidation sites excluding steroid dienone is 1. The van der Waals surface area contributed by atoms with Crippen LogP contribution in [0, 0.1) is 0 Å². The molecule has 2 amide bonds. The van der Waals surface area contributed by atoms with Gasteiger partial charge in [-0.15, -0.1) is 6.58 Å². The summed E-state index contributed by atoms with van der Waals surface area (Å²) in [6.07, 6.45) is 4.64. The molecule has 1 aliphatic rings. The van der Waals surface area contributed by atoms with Crippen LogP contribution in [0.4, 0.5) is 5.69 Å². The van der Waals surface area contributed by atoms with Crippen molar-refractivity contribution in [3.05, 3.63) is 106 Å². The monoisotopic (exact) mass is 560 g/mol. The maximum atomic E-state index is 13.5. The van der Waals surface area contributed by atoms with Gasteiger partial charge in [0.15, 0.2) is 16.6 Å². The van der Waals surface area contributed by atoms with Crippen LogP contribution in [-0.4, -0.2) is 23.5 Å². The van der Waals surface area contributed by atoms with Crippen molar-refractivity contribution in [3.8, 4) is 11.5 Å². The van der Waals surface area contributed by atoms with Crippen LogP contribution in [0.25, 0.3) is 6.08 Å². The van der Waals surface area contributed by atoms with Gasteiger partial charge in [-0.2, -0.15) is 0 Å². The molecule has 0 atom stereocenters. The SMILES string of the molecule is C=CCc1cc(/C=C2\C(=O)NC(=S)N(c3ccc(CC)cc3)C2=O)cc(OCC)c1OCc1ccccc1Cl. The Morgan fingerprint density at radius 2 is 1.77 bits per heavy atom. The minimum atomic E-state index is -0.561. The predicted molar refractivity (Wildman–Crippen MR) is 159 cm³/mol. The number of aryl methyl sites for hydroxylation is 1. The van der Waals surface area contributed by atoms with Crippen molar-refractivity contribution in [1.82, 2.24) is 5.32 Å². The Morgan fingerprint density at radius 1 is 1.03 bits per heavy atom. The number of nitrogens with zero attached hydrogens (tertiary/aromatic N) is 1. The van der Waals surface area contributed by atoms with E-state index in [0.29, 0.717) is 40.8 Å². The molecule has 8 heteroatoms. The van der Waals surface area contributed by atoms with E-state index in [-0.39, 0.29) is 17.3 Å². The number of anilines is 1. The number of hydrogen-bond acceptors (Lipinski definition) is 5. The molecule has 1 heterocycles. The third kappa shape index (κ3) is 6.38. The van der Waals surface area contributed by atoms with Gasteiger partial charge in [-0.1, -0.05) is 54.9 Å². The van der Waals surface area contributed by atoms with E-state index in [2.05, 4.69) is 18.8 Å². The molecule has 0 aromatic heterocycles. The standard InChI is InChI=1S/C31H29ClN2O4S/c1-4-9-22-16-21(18-27(37-6-3)28(22)38-19-23-10-7-8-11-26(23)32)17-25-29(35)33-31(39)34(30(25)36)24-14-12-20(5-2)13-15-24/h4,7-8,10-18H,1,5-6,9,19H2,2-3H3,(H,33,35,39)/b25-17+. The van der Waals surface area contributed by atoms with E-state index in [0.717, 1.165) is 23.1 Å². The van der Waals surface area contributed by atoms with Crippen LogP contribution in [-0.2, 0) is 29.0 Å². The highest BCUT2D eigenvalue weighted by molar-refractivity contribution is 7.80. The Kier molecular flexibility index (Phi) is 9.17. The maximum absolute atomic E-state index is 13.5. The molecule has 1 aliphatic heterocycles. The Bertz CT molecular complexity index is 1450. The zero-order valence-electron chi connectivity index (χ0n) is 21.8. The number of carbonyl (C=O) groups is 2. The van der Waals surface area contributed by atoms with Crippen molar-refractivity contribution in [1.29, 1.82) is 0 Å². The number of rotatable bonds is 10. The zero-order chi connectivity index (χ0) is 27.9. The molecule has 0 spiro atoms. The largest absolute Gasteiger partial charge is 0.490 e. The minimum absolute atomic E-state index is 0.0390. The summed E-state index contributed by atoms with van der Waals surface area (Å²) in [7, 11) is 0. The molecule has 1 N–H and O–H groups in total. The van der Waals surface area contributed by atoms with Crippen LogP contribution < -0.4 is 19.7 Å². The number of ether oxygens (including phenoxy) is 2. The second kappa shape index (κ2) is 12.7. The lowest BCUT2D eigenvalue weighted by Gasteiger charge is -2.29. The molecular weight excluding hydrogens is 532 g/mol. The average Bonchev–Trinajstić information content (AvgIpc) is 2.92. The molecule has 200 valence electrons. The van der Waals surface area contributed by atoms with E-state index in [1.165, 1.54) is 4.90 Å². The third-order valence-electron chi connectivity index (χ3n) is 6.16. The summed E-state index contributed by atoms with van der Waals surface area (Å²) in [5.41, 5.74) is 3.90. The van der Waals surface area contributed by atoms with Crippen LogP contribution in [0.1, 0.15) is 36.1 Å². The predicted octanol–water partition coefficient (Wildman–Crippen LogP) is 6.44. The first-order valence-corrected chi connectivity index (χ1v) is 13.4. The summed E-state index contributed by atoms with van der Waals surface area (Å²) < 4.78 is 12.1. The molecule has 0 aliphatic carbocycles. The van der Waals surface area contributed by atoms with Crippen molar-refractivity contribution in [2.75, 3.05) is 11.5 Å². The van der Waals surface area contributed by atoms with Crippen LogP contribution in [0.5, 0.6) is 11.5 Å².